The van der Waals surface area contributed by atoms with Crippen LogP contribution in [0.2, 0.25) is 20.1 Å². The maximum atomic E-state index is 12.7. The predicted octanol–water partition coefficient (Wildman–Crippen LogP) is 7.82. The summed E-state index contributed by atoms with van der Waals surface area (Å²) < 4.78 is 11.6. The normalized spacial score (nSPS) is 11.0. The van der Waals surface area contributed by atoms with Crippen LogP contribution in [0.4, 0.5) is 5.69 Å². The minimum absolute atomic E-state index is 0.137. The van der Waals surface area contributed by atoms with Gasteiger partial charge in [-0.3, -0.25) is 4.79 Å². The zero-order valence-corrected chi connectivity index (χ0v) is 20.9. The fraction of sp³-hybridized carbons (Fsp3) is 0.120. The molecule has 0 radical (unpaired) electrons. The number of hydrogen-bond acceptors (Lipinski definition) is 4. The number of nitrogens with one attached hydrogen (secondary N) is 1. The summed E-state index contributed by atoms with van der Waals surface area (Å²) in [4.78, 5) is 12.7. The quantitative estimate of drug-likeness (QED) is 0.235. The minimum atomic E-state index is -0.649. The van der Waals surface area contributed by atoms with Crippen LogP contribution in [-0.4, -0.2) is 12.5 Å². The molecule has 0 spiro atoms. The Morgan fingerprint density at radius 1 is 0.941 bits per heavy atom. The first-order valence-electron chi connectivity index (χ1n) is 10.0. The summed E-state index contributed by atoms with van der Waals surface area (Å²) in [7, 11) is 0. The number of benzene rings is 3. The third-order valence-electron chi connectivity index (χ3n) is 4.58. The number of halogens is 4. The highest BCUT2D eigenvalue weighted by Gasteiger charge is 2.15. The number of anilines is 1. The highest BCUT2D eigenvalue weighted by molar-refractivity contribution is 6.40. The average Bonchev–Trinajstić information content (AvgIpc) is 2.80. The SMILES string of the molecule is CCOc1cc(/C=C(\C#N)C(=O)Nc2c(Cl)cccc2Cl)ccc1OCc1c(Cl)cccc1Cl. The molecule has 34 heavy (non-hydrogen) atoms. The van der Waals surface area contributed by atoms with E-state index in [-0.39, 0.29) is 27.9 Å². The van der Waals surface area contributed by atoms with Gasteiger partial charge in [-0.25, -0.2) is 0 Å². The Morgan fingerprint density at radius 3 is 2.15 bits per heavy atom. The number of rotatable bonds is 8. The van der Waals surface area contributed by atoms with Crippen molar-refractivity contribution in [3.8, 4) is 17.6 Å². The Hall–Kier alpha value is -2.88. The summed E-state index contributed by atoms with van der Waals surface area (Å²) >= 11 is 24.6. The van der Waals surface area contributed by atoms with Crippen molar-refractivity contribution in [1.82, 2.24) is 0 Å². The maximum Gasteiger partial charge on any atom is 0.266 e. The van der Waals surface area contributed by atoms with Crippen LogP contribution in [0.1, 0.15) is 18.1 Å². The molecule has 5 nitrogen and oxygen atoms in total. The highest BCUT2D eigenvalue weighted by atomic mass is 35.5. The Bertz CT molecular complexity index is 1250. The summed E-state index contributed by atoms with van der Waals surface area (Å²) in [5.41, 5.74) is 1.30. The first kappa shape index (κ1) is 25.7. The van der Waals surface area contributed by atoms with E-state index in [1.54, 1.807) is 54.6 Å². The van der Waals surface area contributed by atoms with Gasteiger partial charge in [0.2, 0.25) is 0 Å². The van der Waals surface area contributed by atoms with Crippen molar-refractivity contribution < 1.29 is 14.3 Å². The Morgan fingerprint density at radius 2 is 1.56 bits per heavy atom. The average molecular weight is 536 g/mol. The lowest BCUT2D eigenvalue weighted by Gasteiger charge is -2.14. The number of ether oxygens (including phenoxy) is 2. The van der Waals surface area contributed by atoms with Gasteiger partial charge < -0.3 is 14.8 Å². The maximum absolute atomic E-state index is 12.7. The summed E-state index contributed by atoms with van der Waals surface area (Å²) in [6.45, 7) is 2.35. The van der Waals surface area contributed by atoms with Crippen molar-refractivity contribution in [1.29, 1.82) is 5.26 Å². The van der Waals surface area contributed by atoms with E-state index >= 15 is 0 Å². The van der Waals surface area contributed by atoms with Crippen LogP contribution in [0, 0.1) is 11.3 Å². The number of amides is 1. The molecule has 0 bridgehead atoms. The lowest BCUT2D eigenvalue weighted by molar-refractivity contribution is -0.112. The molecule has 0 unspecified atom stereocenters. The van der Waals surface area contributed by atoms with E-state index in [2.05, 4.69) is 5.32 Å². The molecule has 0 aliphatic carbocycles. The van der Waals surface area contributed by atoms with Crippen molar-refractivity contribution in [2.24, 2.45) is 0 Å². The van der Waals surface area contributed by atoms with Gasteiger partial charge in [-0.2, -0.15) is 5.26 Å². The molecule has 9 heteroatoms. The van der Waals surface area contributed by atoms with Crippen molar-refractivity contribution in [2.75, 3.05) is 11.9 Å². The van der Waals surface area contributed by atoms with E-state index in [0.29, 0.717) is 39.3 Å². The van der Waals surface area contributed by atoms with E-state index in [4.69, 9.17) is 55.9 Å². The monoisotopic (exact) mass is 534 g/mol. The predicted molar refractivity (Wildman–Crippen MR) is 137 cm³/mol. The molecule has 3 aromatic rings. The molecule has 1 amide bonds. The van der Waals surface area contributed by atoms with E-state index in [1.807, 2.05) is 13.0 Å². The van der Waals surface area contributed by atoms with E-state index in [9.17, 15) is 10.1 Å². The summed E-state index contributed by atoms with van der Waals surface area (Å²) in [6.07, 6.45) is 1.43. The first-order valence-corrected chi connectivity index (χ1v) is 11.5. The lowest BCUT2D eigenvalue weighted by atomic mass is 10.1. The summed E-state index contributed by atoms with van der Waals surface area (Å²) in [5, 5.41) is 13.6. The van der Waals surface area contributed by atoms with E-state index in [0.717, 1.165) is 0 Å². The molecule has 3 aromatic carbocycles. The van der Waals surface area contributed by atoms with E-state index in [1.165, 1.54) is 6.08 Å². The number of para-hydroxylation sites is 1. The van der Waals surface area contributed by atoms with Crippen molar-refractivity contribution in [3.05, 3.63) is 91.4 Å². The summed E-state index contributed by atoms with van der Waals surface area (Å²) in [5.74, 6) is 0.246. The Kier molecular flexibility index (Phi) is 9.09. The van der Waals surface area contributed by atoms with Crippen molar-refractivity contribution >= 4 is 64.1 Å². The smallest absolute Gasteiger partial charge is 0.266 e. The number of nitriles is 1. The molecule has 3 rings (SSSR count). The Labute approximate surface area is 217 Å². The molecule has 0 aromatic heterocycles. The molecule has 0 heterocycles. The van der Waals surface area contributed by atoms with Crippen LogP contribution in [0.25, 0.3) is 6.08 Å². The van der Waals surface area contributed by atoms with Gasteiger partial charge >= 0.3 is 0 Å². The summed E-state index contributed by atoms with van der Waals surface area (Å²) in [6, 6.07) is 17.0. The van der Waals surface area contributed by atoms with Gasteiger partial charge in [0.1, 0.15) is 18.2 Å². The second-order valence-corrected chi connectivity index (χ2v) is 8.48. The molecule has 0 saturated heterocycles. The minimum Gasteiger partial charge on any atom is -0.490 e. The fourth-order valence-corrected chi connectivity index (χ4v) is 3.93. The van der Waals surface area contributed by atoms with Crippen LogP contribution < -0.4 is 14.8 Å². The van der Waals surface area contributed by atoms with Crippen molar-refractivity contribution in [2.45, 2.75) is 13.5 Å². The molecule has 0 saturated carbocycles. The topological polar surface area (TPSA) is 71.3 Å². The van der Waals surface area contributed by atoms with Crippen LogP contribution in [0.5, 0.6) is 11.5 Å². The third-order valence-corrected chi connectivity index (χ3v) is 5.92. The second-order valence-electron chi connectivity index (χ2n) is 6.85. The molecule has 0 atom stereocenters. The van der Waals surface area contributed by atoms with Crippen LogP contribution in [0.3, 0.4) is 0 Å². The molecule has 174 valence electrons. The molecular weight excluding hydrogens is 518 g/mol. The van der Waals surface area contributed by atoms with Gasteiger partial charge in [0.05, 0.1) is 22.3 Å². The molecular formula is C25H18Cl4N2O3. The number of carbonyl (C=O) groups is 1. The number of nitrogens with zero attached hydrogens (tertiary/aromatic N) is 1. The van der Waals surface area contributed by atoms with Gasteiger partial charge in [0.15, 0.2) is 11.5 Å². The van der Waals surface area contributed by atoms with E-state index < -0.39 is 5.91 Å². The first-order chi connectivity index (χ1) is 16.3. The van der Waals surface area contributed by atoms with Crippen LogP contribution in [-0.2, 0) is 11.4 Å². The standard InChI is InChI=1S/C25H18Cl4N2O3/c1-2-33-23-12-15(9-10-22(23)34-14-17-18(26)5-3-6-19(17)27)11-16(13-30)25(32)31-24-20(28)7-4-8-21(24)29/h3-12H,2,14H2,1H3,(H,31,32)/b16-11+. The van der Waals surface area contributed by atoms with Gasteiger partial charge in [-0.15, -0.1) is 0 Å². The largest absolute Gasteiger partial charge is 0.490 e. The molecule has 0 aliphatic rings. The third kappa shape index (κ3) is 6.37. The van der Waals surface area contributed by atoms with Crippen molar-refractivity contribution in [3.63, 3.8) is 0 Å². The number of carbonyl (C=O) groups excluding carboxylic acids is 1. The van der Waals surface area contributed by atoms with Gasteiger partial charge in [-0.1, -0.05) is 64.6 Å². The second kappa shape index (κ2) is 12.0. The molecule has 0 aliphatic heterocycles. The molecule has 1 N–H and O–H groups in total. The molecule has 0 fully saturated rings. The van der Waals surface area contributed by atoms with Gasteiger partial charge in [-0.05, 0) is 55.0 Å². The fourth-order valence-electron chi connectivity index (χ4n) is 2.94. The number of hydrogen-bond donors (Lipinski definition) is 1. The highest BCUT2D eigenvalue weighted by Crippen LogP contribution is 2.33. The zero-order valence-electron chi connectivity index (χ0n) is 17.9. The van der Waals surface area contributed by atoms with Crippen LogP contribution in [0.15, 0.2) is 60.2 Å². The zero-order chi connectivity index (χ0) is 24.7. The lowest BCUT2D eigenvalue weighted by Crippen LogP contribution is -2.14. The Balaban J connectivity index is 1.84. The van der Waals surface area contributed by atoms with Crippen LogP contribution >= 0.6 is 46.4 Å². The van der Waals surface area contributed by atoms with Gasteiger partial charge in [0.25, 0.3) is 5.91 Å². The van der Waals surface area contributed by atoms with Gasteiger partial charge in [0, 0.05) is 15.6 Å².